The third-order valence-electron chi connectivity index (χ3n) is 3.46. The van der Waals surface area contributed by atoms with Crippen LogP contribution in [0.1, 0.15) is 17.0 Å². The molecule has 24 heavy (non-hydrogen) atoms. The second-order valence-electron chi connectivity index (χ2n) is 5.36. The highest BCUT2D eigenvalue weighted by atomic mass is 35.5. The smallest absolute Gasteiger partial charge is 0.277 e. The summed E-state index contributed by atoms with van der Waals surface area (Å²) in [6.07, 6.45) is -0.0127. The van der Waals surface area contributed by atoms with Gasteiger partial charge < -0.3 is 5.32 Å². The fourth-order valence-corrected chi connectivity index (χ4v) is 3.15. The maximum absolute atomic E-state index is 12.5. The SMILES string of the molecule is Cc1csc(-n2[nH]c(C)c(CC(=O)Nc3ccc(Cl)cc3)c2=O)n1. The van der Waals surface area contributed by atoms with Crippen LogP contribution in [0.25, 0.3) is 5.13 Å². The van der Waals surface area contributed by atoms with Crippen LogP contribution in [0.4, 0.5) is 5.69 Å². The molecule has 1 aromatic carbocycles. The van der Waals surface area contributed by atoms with E-state index < -0.39 is 0 Å². The zero-order valence-electron chi connectivity index (χ0n) is 13.1. The van der Waals surface area contributed by atoms with E-state index in [1.165, 1.54) is 16.0 Å². The average Bonchev–Trinajstić information content (AvgIpc) is 3.08. The highest BCUT2D eigenvalue weighted by Gasteiger charge is 2.17. The van der Waals surface area contributed by atoms with Gasteiger partial charge in [-0.05, 0) is 38.1 Å². The maximum Gasteiger partial charge on any atom is 0.277 e. The van der Waals surface area contributed by atoms with Gasteiger partial charge in [-0.3, -0.25) is 14.7 Å². The van der Waals surface area contributed by atoms with Gasteiger partial charge >= 0.3 is 0 Å². The number of nitrogens with one attached hydrogen (secondary N) is 2. The number of carbonyl (C=O) groups is 1. The molecule has 0 bridgehead atoms. The lowest BCUT2D eigenvalue weighted by Gasteiger charge is -2.04. The van der Waals surface area contributed by atoms with Crippen molar-refractivity contribution in [2.45, 2.75) is 20.3 Å². The number of thiazole rings is 1. The lowest BCUT2D eigenvalue weighted by atomic mass is 10.2. The molecule has 0 aliphatic heterocycles. The predicted molar refractivity (Wildman–Crippen MR) is 95.3 cm³/mol. The molecular formula is C16H15ClN4O2S. The number of anilines is 1. The minimum Gasteiger partial charge on any atom is -0.326 e. The van der Waals surface area contributed by atoms with Gasteiger partial charge in [-0.15, -0.1) is 11.3 Å². The summed E-state index contributed by atoms with van der Waals surface area (Å²) >= 11 is 7.19. The lowest BCUT2D eigenvalue weighted by Crippen LogP contribution is -2.22. The van der Waals surface area contributed by atoms with Crippen molar-refractivity contribution < 1.29 is 4.79 Å². The second-order valence-corrected chi connectivity index (χ2v) is 6.63. The summed E-state index contributed by atoms with van der Waals surface area (Å²) in [6.45, 7) is 3.63. The van der Waals surface area contributed by atoms with Crippen LogP contribution in [0.5, 0.6) is 0 Å². The summed E-state index contributed by atoms with van der Waals surface area (Å²) in [5, 5.41) is 8.75. The van der Waals surface area contributed by atoms with Crippen molar-refractivity contribution in [2.75, 3.05) is 5.32 Å². The first-order valence-electron chi connectivity index (χ1n) is 7.22. The van der Waals surface area contributed by atoms with Crippen molar-refractivity contribution >= 4 is 34.5 Å². The lowest BCUT2D eigenvalue weighted by molar-refractivity contribution is -0.115. The van der Waals surface area contributed by atoms with E-state index in [2.05, 4.69) is 15.4 Å². The fraction of sp³-hybridized carbons (Fsp3) is 0.188. The van der Waals surface area contributed by atoms with Gasteiger partial charge in [-0.25, -0.2) is 4.98 Å². The number of aromatic nitrogens is 3. The molecule has 0 spiro atoms. The number of rotatable bonds is 4. The minimum atomic E-state index is -0.265. The fourth-order valence-electron chi connectivity index (χ4n) is 2.27. The Morgan fingerprint density at radius 3 is 2.67 bits per heavy atom. The monoisotopic (exact) mass is 362 g/mol. The van der Waals surface area contributed by atoms with E-state index in [4.69, 9.17) is 11.6 Å². The van der Waals surface area contributed by atoms with Crippen LogP contribution in [-0.2, 0) is 11.2 Å². The second kappa shape index (κ2) is 6.62. The number of carbonyl (C=O) groups excluding carboxylic acids is 1. The van der Waals surface area contributed by atoms with E-state index in [-0.39, 0.29) is 17.9 Å². The molecule has 124 valence electrons. The summed E-state index contributed by atoms with van der Waals surface area (Å²) in [5.74, 6) is -0.265. The Morgan fingerprint density at radius 1 is 1.33 bits per heavy atom. The molecule has 0 aliphatic carbocycles. The van der Waals surface area contributed by atoms with Crippen LogP contribution < -0.4 is 10.9 Å². The number of hydrogen-bond donors (Lipinski definition) is 2. The first kappa shape index (κ1) is 16.5. The highest BCUT2D eigenvalue weighted by molar-refractivity contribution is 7.12. The predicted octanol–water partition coefficient (Wildman–Crippen LogP) is 3.07. The van der Waals surface area contributed by atoms with Crippen LogP contribution in [-0.4, -0.2) is 20.7 Å². The van der Waals surface area contributed by atoms with Crippen molar-refractivity contribution in [3.63, 3.8) is 0 Å². The molecule has 0 fully saturated rings. The summed E-state index contributed by atoms with van der Waals surface area (Å²) in [7, 11) is 0. The van der Waals surface area contributed by atoms with E-state index in [0.29, 0.717) is 27.1 Å². The molecule has 2 heterocycles. The van der Waals surface area contributed by atoms with Crippen LogP contribution >= 0.6 is 22.9 Å². The number of nitrogens with zero attached hydrogens (tertiary/aromatic N) is 2. The Bertz CT molecular complexity index is 940. The van der Waals surface area contributed by atoms with Gasteiger partial charge in [0.05, 0.1) is 12.1 Å². The first-order valence-corrected chi connectivity index (χ1v) is 8.48. The van der Waals surface area contributed by atoms with Crippen LogP contribution in [0.2, 0.25) is 5.02 Å². The summed E-state index contributed by atoms with van der Waals surface area (Å²) < 4.78 is 1.37. The zero-order chi connectivity index (χ0) is 17.3. The van der Waals surface area contributed by atoms with Gasteiger partial charge in [0.2, 0.25) is 11.0 Å². The third-order valence-corrected chi connectivity index (χ3v) is 4.65. The highest BCUT2D eigenvalue weighted by Crippen LogP contribution is 2.15. The van der Waals surface area contributed by atoms with Gasteiger partial charge in [0.15, 0.2) is 0 Å². The van der Waals surface area contributed by atoms with Gasteiger partial charge in [0.1, 0.15) is 0 Å². The molecule has 0 saturated heterocycles. The van der Waals surface area contributed by atoms with Gasteiger partial charge in [0, 0.05) is 27.3 Å². The standard InChI is InChI=1S/C16H15ClN4O2S/c1-9-8-24-16(18-9)21-15(23)13(10(2)20-21)7-14(22)19-12-5-3-11(17)4-6-12/h3-6,8,20H,7H2,1-2H3,(H,19,22). The number of amides is 1. The van der Waals surface area contributed by atoms with Crippen LogP contribution in [0.15, 0.2) is 34.4 Å². The molecule has 0 atom stereocenters. The van der Waals surface area contributed by atoms with E-state index >= 15 is 0 Å². The molecule has 2 N–H and O–H groups in total. The molecule has 8 heteroatoms. The van der Waals surface area contributed by atoms with Crippen molar-refractivity contribution in [3.8, 4) is 5.13 Å². The molecule has 6 nitrogen and oxygen atoms in total. The topological polar surface area (TPSA) is 79.8 Å². The van der Waals surface area contributed by atoms with E-state index in [1.807, 2.05) is 12.3 Å². The Hall–Kier alpha value is -2.38. The molecule has 3 rings (SSSR count). The van der Waals surface area contributed by atoms with Gasteiger partial charge in [-0.2, -0.15) is 4.68 Å². The molecule has 3 aromatic rings. The van der Waals surface area contributed by atoms with Crippen molar-refractivity contribution in [1.29, 1.82) is 0 Å². The number of halogens is 1. The maximum atomic E-state index is 12.5. The van der Waals surface area contributed by atoms with E-state index in [0.717, 1.165) is 5.69 Å². The zero-order valence-corrected chi connectivity index (χ0v) is 14.7. The number of H-pyrrole nitrogens is 1. The molecule has 0 radical (unpaired) electrons. The third kappa shape index (κ3) is 3.42. The van der Waals surface area contributed by atoms with Crippen LogP contribution in [0.3, 0.4) is 0 Å². The Kier molecular flexibility index (Phi) is 4.55. The largest absolute Gasteiger partial charge is 0.326 e. The Morgan fingerprint density at radius 2 is 2.04 bits per heavy atom. The molecule has 0 saturated carbocycles. The Labute approximate surface area is 147 Å². The number of hydrogen-bond acceptors (Lipinski definition) is 4. The first-order chi connectivity index (χ1) is 11.4. The summed E-state index contributed by atoms with van der Waals surface area (Å²) in [5.41, 5.74) is 2.30. The number of benzene rings is 1. The van der Waals surface area contributed by atoms with Crippen LogP contribution in [0, 0.1) is 13.8 Å². The van der Waals surface area contributed by atoms with Crippen molar-refractivity contribution in [1.82, 2.24) is 14.8 Å². The summed E-state index contributed by atoms with van der Waals surface area (Å²) in [6, 6.07) is 6.80. The molecule has 0 aliphatic rings. The van der Waals surface area contributed by atoms with Gasteiger partial charge in [0.25, 0.3) is 5.56 Å². The van der Waals surface area contributed by atoms with E-state index in [9.17, 15) is 9.59 Å². The van der Waals surface area contributed by atoms with E-state index in [1.54, 1.807) is 31.2 Å². The quantitative estimate of drug-likeness (QED) is 0.748. The number of aryl methyl sites for hydroxylation is 2. The number of aromatic amines is 1. The summed E-state index contributed by atoms with van der Waals surface area (Å²) in [4.78, 5) is 29.0. The Balaban J connectivity index is 1.80. The van der Waals surface area contributed by atoms with Crippen molar-refractivity contribution in [3.05, 3.63) is 62.0 Å². The average molecular weight is 363 g/mol. The molecule has 1 amide bonds. The normalized spacial score (nSPS) is 10.8. The van der Waals surface area contributed by atoms with Gasteiger partial charge in [-0.1, -0.05) is 11.6 Å². The minimum absolute atomic E-state index is 0.0127. The molecular weight excluding hydrogens is 348 g/mol. The molecule has 0 unspecified atom stereocenters. The molecule has 2 aromatic heterocycles. The van der Waals surface area contributed by atoms with Crippen molar-refractivity contribution in [2.24, 2.45) is 0 Å².